The summed E-state index contributed by atoms with van der Waals surface area (Å²) in [6.45, 7) is 7.40. The summed E-state index contributed by atoms with van der Waals surface area (Å²) >= 11 is 0. The highest BCUT2D eigenvalue weighted by Gasteiger charge is 2.42. The molecule has 1 unspecified atom stereocenters. The smallest absolute Gasteiger partial charge is 0.465 e. The van der Waals surface area contributed by atoms with Gasteiger partial charge < -0.3 is 14.9 Å². The number of hydrogen-bond donors (Lipinski definition) is 2. The Morgan fingerprint density at radius 2 is 1.68 bits per heavy atom. The molecule has 142 valence electrons. The van der Waals surface area contributed by atoms with E-state index in [1.165, 1.54) is 13.8 Å². The Labute approximate surface area is 142 Å². The first-order valence-corrected chi connectivity index (χ1v) is 7.34. The summed E-state index contributed by atoms with van der Waals surface area (Å²) in [6.07, 6.45) is -6.42. The van der Waals surface area contributed by atoms with E-state index >= 15 is 0 Å². The van der Waals surface area contributed by atoms with Gasteiger partial charge >= 0.3 is 12.5 Å². The molecule has 0 aromatic heterocycles. The Morgan fingerprint density at radius 1 is 1.16 bits per heavy atom. The lowest BCUT2D eigenvalue weighted by Crippen LogP contribution is -2.53. The van der Waals surface area contributed by atoms with Crippen molar-refractivity contribution in [2.75, 3.05) is 0 Å². The summed E-state index contributed by atoms with van der Waals surface area (Å²) in [5.41, 5.74) is -2.60. The molecule has 0 aliphatic carbocycles. The van der Waals surface area contributed by atoms with Crippen molar-refractivity contribution in [2.24, 2.45) is 0 Å². The Morgan fingerprint density at radius 3 is 2.00 bits per heavy atom. The molecule has 0 bridgehead atoms. The van der Waals surface area contributed by atoms with Gasteiger partial charge in [0.2, 0.25) is 0 Å². The molecule has 0 spiro atoms. The summed E-state index contributed by atoms with van der Waals surface area (Å²) in [5, 5.41) is 19.9. The van der Waals surface area contributed by atoms with Crippen molar-refractivity contribution in [3.05, 3.63) is 29.6 Å². The van der Waals surface area contributed by atoms with Gasteiger partial charge in [-0.05, 0) is 52.3 Å². The molecule has 1 amide bonds. The van der Waals surface area contributed by atoms with E-state index in [0.29, 0.717) is 0 Å². The van der Waals surface area contributed by atoms with Crippen LogP contribution in [0.3, 0.4) is 0 Å². The second-order valence-electron chi connectivity index (χ2n) is 7.12. The van der Waals surface area contributed by atoms with Crippen molar-refractivity contribution < 1.29 is 37.3 Å². The van der Waals surface area contributed by atoms with E-state index in [2.05, 4.69) is 4.74 Å². The van der Waals surface area contributed by atoms with E-state index in [-0.39, 0.29) is 5.56 Å². The number of hydrogen-bond acceptors (Lipinski definition) is 3. The molecule has 2 N–H and O–H groups in total. The van der Waals surface area contributed by atoms with Gasteiger partial charge in [0, 0.05) is 5.54 Å². The van der Waals surface area contributed by atoms with Crippen LogP contribution < -0.4 is 4.74 Å². The zero-order valence-corrected chi connectivity index (χ0v) is 14.5. The molecule has 1 aromatic carbocycles. The van der Waals surface area contributed by atoms with E-state index in [1.54, 1.807) is 20.8 Å². The van der Waals surface area contributed by atoms with Crippen LogP contribution in [-0.4, -0.2) is 38.7 Å². The molecule has 0 aliphatic heterocycles. The highest BCUT2D eigenvalue weighted by Crippen LogP contribution is 2.38. The molecule has 1 aromatic rings. The van der Waals surface area contributed by atoms with Crippen molar-refractivity contribution >= 4 is 6.09 Å². The zero-order valence-electron chi connectivity index (χ0n) is 14.5. The van der Waals surface area contributed by atoms with Gasteiger partial charge in [0.05, 0.1) is 11.6 Å². The third kappa shape index (κ3) is 5.48. The van der Waals surface area contributed by atoms with Crippen LogP contribution in [0.25, 0.3) is 0 Å². The van der Waals surface area contributed by atoms with Crippen LogP contribution in [0.15, 0.2) is 18.2 Å². The average molecular weight is 367 g/mol. The predicted octanol–water partition coefficient (Wildman–Crippen LogP) is 4.31. The highest BCUT2D eigenvalue weighted by atomic mass is 19.4. The van der Waals surface area contributed by atoms with Gasteiger partial charge in [-0.15, -0.1) is 13.2 Å². The minimum atomic E-state index is -5.06. The molecule has 1 atom stereocenters. The molecule has 0 saturated heterocycles. The number of carboxylic acid groups (broad SMARTS) is 1. The first kappa shape index (κ1) is 21.0. The molecule has 0 fully saturated rings. The van der Waals surface area contributed by atoms with Crippen LogP contribution in [0, 0.1) is 5.82 Å². The number of nitrogens with zero attached hydrogens (tertiary/aromatic N) is 1. The van der Waals surface area contributed by atoms with Gasteiger partial charge in [0.15, 0.2) is 11.6 Å². The van der Waals surface area contributed by atoms with Gasteiger partial charge in [-0.3, -0.25) is 4.90 Å². The Kier molecular flexibility index (Phi) is 5.63. The van der Waals surface area contributed by atoms with Crippen molar-refractivity contribution in [3.8, 4) is 5.75 Å². The zero-order chi connectivity index (χ0) is 19.8. The number of halogens is 4. The minimum Gasteiger partial charge on any atom is -0.465 e. The van der Waals surface area contributed by atoms with Crippen LogP contribution in [0.2, 0.25) is 0 Å². The van der Waals surface area contributed by atoms with Crippen molar-refractivity contribution in [1.82, 2.24) is 4.90 Å². The largest absolute Gasteiger partial charge is 0.573 e. The van der Waals surface area contributed by atoms with Gasteiger partial charge in [-0.25, -0.2) is 9.18 Å². The predicted molar refractivity (Wildman–Crippen MR) is 81.7 cm³/mol. The normalized spacial score (nSPS) is 14.2. The SMILES string of the molecule is CC(C)(O)C(c1ccc(OC(F)(F)F)c(F)c1)N(C(=O)O)C(C)(C)C. The second-order valence-corrected chi connectivity index (χ2v) is 7.12. The van der Waals surface area contributed by atoms with Crippen LogP contribution in [-0.2, 0) is 0 Å². The lowest BCUT2D eigenvalue weighted by molar-refractivity contribution is -0.275. The van der Waals surface area contributed by atoms with E-state index in [1.807, 2.05) is 0 Å². The molecule has 5 nitrogen and oxygen atoms in total. The number of amides is 1. The van der Waals surface area contributed by atoms with Crippen molar-refractivity contribution in [1.29, 1.82) is 0 Å². The summed E-state index contributed by atoms with van der Waals surface area (Å²) < 4.78 is 54.3. The monoisotopic (exact) mass is 367 g/mol. The maximum Gasteiger partial charge on any atom is 0.573 e. The van der Waals surface area contributed by atoms with Crippen LogP contribution in [0.1, 0.15) is 46.2 Å². The first-order valence-electron chi connectivity index (χ1n) is 7.34. The highest BCUT2D eigenvalue weighted by molar-refractivity contribution is 5.67. The quantitative estimate of drug-likeness (QED) is 0.778. The molecular weight excluding hydrogens is 346 g/mol. The molecule has 0 radical (unpaired) electrons. The molecule has 25 heavy (non-hydrogen) atoms. The fourth-order valence-corrected chi connectivity index (χ4v) is 2.55. The van der Waals surface area contributed by atoms with Gasteiger partial charge in [0.1, 0.15) is 0 Å². The minimum absolute atomic E-state index is 0.00292. The second kappa shape index (κ2) is 6.70. The third-order valence-electron chi connectivity index (χ3n) is 3.35. The maximum atomic E-state index is 14.0. The van der Waals surface area contributed by atoms with Crippen LogP contribution in [0.4, 0.5) is 22.4 Å². The fourth-order valence-electron chi connectivity index (χ4n) is 2.55. The van der Waals surface area contributed by atoms with Crippen LogP contribution in [0.5, 0.6) is 5.75 Å². The van der Waals surface area contributed by atoms with E-state index in [9.17, 15) is 32.6 Å². The summed E-state index contributed by atoms with van der Waals surface area (Å²) in [4.78, 5) is 12.6. The number of aliphatic hydroxyl groups is 1. The topological polar surface area (TPSA) is 70.0 Å². The number of rotatable bonds is 4. The molecule has 1 rings (SSSR count). The molecule has 0 heterocycles. The van der Waals surface area contributed by atoms with E-state index in [0.717, 1.165) is 23.1 Å². The number of alkyl halides is 3. The van der Waals surface area contributed by atoms with Crippen molar-refractivity contribution in [3.63, 3.8) is 0 Å². The Hall–Kier alpha value is -2.03. The number of ether oxygens (including phenoxy) is 1. The van der Waals surface area contributed by atoms with Crippen LogP contribution >= 0.6 is 0 Å². The first-order chi connectivity index (χ1) is 11.0. The van der Waals surface area contributed by atoms with Gasteiger partial charge in [-0.1, -0.05) is 6.07 Å². The molecule has 0 saturated carbocycles. The maximum absolute atomic E-state index is 14.0. The lowest BCUT2D eigenvalue weighted by atomic mass is 9.87. The molecular formula is C16H21F4NO4. The molecule has 9 heteroatoms. The van der Waals surface area contributed by atoms with Gasteiger partial charge in [0.25, 0.3) is 0 Å². The summed E-state index contributed by atoms with van der Waals surface area (Å²) in [6, 6.07) is 1.35. The summed E-state index contributed by atoms with van der Waals surface area (Å²) in [7, 11) is 0. The van der Waals surface area contributed by atoms with Gasteiger partial charge in [-0.2, -0.15) is 0 Å². The third-order valence-corrected chi connectivity index (χ3v) is 3.35. The van der Waals surface area contributed by atoms with Crippen molar-refractivity contribution in [2.45, 2.75) is 58.2 Å². The Balaban J connectivity index is 3.44. The number of benzene rings is 1. The molecule has 0 aliphatic rings. The number of carbonyl (C=O) groups is 1. The summed E-state index contributed by atoms with van der Waals surface area (Å²) in [5.74, 6) is -2.35. The lowest BCUT2D eigenvalue weighted by Gasteiger charge is -2.44. The standard InChI is InChI=1S/C16H21F4NO4/c1-14(2,3)21(13(22)23)12(15(4,5)24)9-6-7-11(10(17)8-9)25-16(18,19)20/h6-8,12,24H,1-5H3,(H,22,23). The average Bonchev–Trinajstić information content (AvgIpc) is 2.33. The fraction of sp³-hybridized carbons (Fsp3) is 0.562. The van der Waals surface area contributed by atoms with E-state index < -0.39 is 41.2 Å². The Bertz CT molecular complexity index is 632. The van der Waals surface area contributed by atoms with E-state index in [4.69, 9.17) is 0 Å².